The highest BCUT2D eigenvalue weighted by Crippen LogP contribution is 2.27. The predicted molar refractivity (Wildman–Crippen MR) is 111 cm³/mol. The van der Waals surface area contributed by atoms with E-state index in [4.69, 9.17) is 20.8 Å². The molecule has 0 saturated heterocycles. The number of aromatic nitrogens is 3. The molecule has 0 radical (unpaired) electrons. The largest absolute Gasteiger partial charge is 0.452 e. The summed E-state index contributed by atoms with van der Waals surface area (Å²) in [5.41, 5.74) is 2.35. The first-order valence-electron chi connectivity index (χ1n) is 8.87. The highest BCUT2D eigenvalue weighted by molar-refractivity contribution is 7.13. The maximum absolute atomic E-state index is 12.3. The van der Waals surface area contributed by atoms with Crippen molar-refractivity contribution in [2.45, 2.75) is 19.4 Å². The summed E-state index contributed by atoms with van der Waals surface area (Å²) >= 11 is 7.48. The fourth-order valence-corrected chi connectivity index (χ4v) is 3.68. The maximum Gasteiger partial charge on any atom is 0.312 e. The minimum absolute atomic E-state index is 0.0566. The highest BCUT2D eigenvalue weighted by Gasteiger charge is 2.20. The molecule has 0 fully saturated rings. The van der Waals surface area contributed by atoms with Crippen LogP contribution in [0.1, 0.15) is 24.6 Å². The van der Waals surface area contributed by atoms with Crippen LogP contribution >= 0.6 is 22.9 Å². The van der Waals surface area contributed by atoms with Gasteiger partial charge in [0.2, 0.25) is 5.89 Å². The Morgan fingerprint density at radius 1 is 1.14 bits per heavy atom. The van der Waals surface area contributed by atoms with E-state index >= 15 is 0 Å². The van der Waals surface area contributed by atoms with E-state index in [0.29, 0.717) is 16.6 Å². The van der Waals surface area contributed by atoms with E-state index in [1.807, 2.05) is 53.9 Å². The molecule has 29 heavy (non-hydrogen) atoms. The molecule has 0 amide bonds. The lowest BCUT2D eigenvalue weighted by Crippen LogP contribution is -2.12. The lowest BCUT2D eigenvalue weighted by molar-refractivity contribution is -0.148. The summed E-state index contributed by atoms with van der Waals surface area (Å²) in [6.07, 6.45) is -0.598. The van der Waals surface area contributed by atoms with E-state index < -0.39 is 12.1 Å². The number of esters is 1. The van der Waals surface area contributed by atoms with Crippen LogP contribution in [0, 0.1) is 0 Å². The van der Waals surface area contributed by atoms with Crippen LogP contribution < -0.4 is 0 Å². The molecule has 2 heterocycles. The van der Waals surface area contributed by atoms with E-state index in [2.05, 4.69) is 15.2 Å². The summed E-state index contributed by atoms with van der Waals surface area (Å²) in [5, 5.41) is 11.3. The molecule has 146 valence electrons. The third kappa shape index (κ3) is 4.70. The molecule has 8 heteroatoms. The number of thiazole rings is 1. The molecule has 0 aliphatic carbocycles. The van der Waals surface area contributed by atoms with Gasteiger partial charge in [0.25, 0.3) is 5.89 Å². The fourth-order valence-electron chi connectivity index (χ4n) is 2.68. The van der Waals surface area contributed by atoms with Crippen molar-refractivity contribution in [2.24, 2.45) is 0 Å². The molecule has 1 unspecified atom stereocenters. The summed E-state index contributed by atoms with van der Waals surface area (Å²) in [4.78, 5) is 16.8. The lowest BCUT2D eigenvalue weighted by atomic mass is 10.2. The van der Waals surface area contributed by atoms with E-state index in [0.717, 1.165) is 16.1 Å². The summed E-state index contributed by atoms with van der Waals surface area (Å²) in [7, 11) is 0. The second kappa shape index (κ2) is 8.55. The van der Waals surface area contributed by atoms with Crippen molar-refractivity contribution in [1.82, 2.24) is 15.2 Å². The van der Waals surface area contributed by atoms with Gasteiger partial charge in [-0.2, -0.15) is 0 Å². The average Bonchev–Trinajstić information content (AvgIpc) is 3.38. The molecule has 2 aromatic heterocycles. The van der Waals surface area contributed by atoms with Gasteiger partial charge in [0.1, 0.15) is 5.01 Å². The van der Waals surface area contributed by atoms with Crippen LogP contribution in [0.3, 0.4) is 0 Å². The van der Waals surface area contributed by atoms with Gasteiger partial charge in [-0.3, -0.25) is 4.79 Å². The normalized spacial score (nSPS) is 11.9. The number of ether oxygens (including phenoxy) is 1. The first kappa shape index (κ1) is 19.3. The van der Waals surface area contributed by atoms with Gasteiger partial charge in [-0.25, -0.2) is 4.98 Å². The highest BCUT2D eigenvalue weighted by atomic mass is 35.5. The number of carbonyl (C=O) groups excluding carboxylic acids is 1. The van der Waals surface area contributed by atoms with Crippen molar-refractivity contribution in [3.63, 3.8) is 0 Å². The van der Waals surface area contributed by atoms with E-state index in [9.17, 15) is 4.79 Å². The minimum Gasteiger partial charge on any atom is -0.452 e. The second-order valence-corrected chi connectivity index (χ2v) is 7.57. The van der Waals surface area contributed by atoms with Gasteiger partial charge < -0.3 is 9.15 Å². The van der Waals surface area contributed by atoms with Gasteiger partial charge >= 0.3 is 5.97 Å². The van der Waals surface area contributed by atoms with E-state index in [1.54, 1.807) is 13.0 Å². The summed E-state index contributed by atoms with van der Waals surface area (Å²) in [6, 6.07) is 16.8. The van der Waals surface area contributed by atoms with Crippen molar-refractivity contribution in [3.05, 3.63) is 76.6 Å². The molecule has 0 saturated carbocycles. The Bertz CT molecular complexity index is 1130. The summed E-state index contributed by atoms with van der Waals surface area (Å²) < 4.78 is 11.1. The molecule has 2 aromatic carbocycles. The number of benzene rings is 2. The fraction of sp³-hybridized carbons (Fsp3) is 0.143. The Morgan fingerprint density at radius 2 is 1.93 bits per heavy atom. The number of nitrogens with zero attached hydrogens (tertiary/aromatic N) is 3. The van der Waals surface area contributed by atoms with Crippen molar-refractivity contribution >= 4 is 28.9 Å². The van der Waals surface area contributed by atoms with Gasteiger partial charge in [-0.05, 0) is 31.2 Å². The average molecular weight is 426 g/mol. The lowest BCUT2D eigenvalue weighted by Gasteiger charge is -2.08. The third-order valence-corrected chi connectivity index (χ3v) is 5.24. The molecule has 0 aliphatic heterocycles. The van der Waals surface area contributed by atoms with E-state index in [-0.39, 0.29) is 12.3 Å². The van der Waals surface area contributed by atoms with Crippen LogP contribution in [0.2, 0.25) is 5.02 Å². The number of hydrogen-bond acceptors (Lipinski definition) is 7. The van der Waals surface area contributed by atoms with Crippen LogP contribution in [0.15, 0.2) is 64.4 Å². The minimum atomic E-state index is -0.654. The second-order valence-electron chi connectivity index (χ2n) is 6.27. The summed E-state index contributed by atoms with van der Waals surface area (Å²) in [6.45, 7) is 1.69. The molecule has 1 atom stereocenters. The van der Waals surface area contributed by atoms with Crippen LogP contribution in [0.5, 0.6) is 0 Å². The SMILES string of the molecule is CC(OC(=O)Cc1csc(-c2cccc(Cl)c2)n1)c1nnc(-c2ccccc2)o1. The topological polar surface area (TPSA) is 78.1 Å². The van der Waals surface area contributed by atoms with Crippen LogP contribution in [-0.2, 0) is 16.0 Å². The zero-order chi connectivity index (χ0) is 20.2. The Hall–Kier alpha value is -3.03. The van der Waals surface area contributed by atoms with Crippen LogP contribution in [0.25, 0.3) is 22.0 Å². The molecular weight excluding hydrogens is 410 g/mol. The van der Waals surface area contributed by atoms with Gasteiger partial charge in [-0.15, -0.1) is 21.5 Å². The number of hydrogen-bond donors (Lipinski definition) is 0. The first-order valence-corrected chi connectivity index (χ1v) is 10.1. The standard InChI is InChI=1S/C21H16ClN3O3S/c1-13(19-24-25-20(28-19)14-6-3-2-4-7-14)27-18(26)11-17-12-29-21(23-17)15-8-5-9-16(22)10-15/h2-10,12-13H,11H2,1H3. The molecule has 0 bridgehead atoms. The van der Waals surface area contributed by atoms with Gasteiger partial charge in [0.05, 0.1) is 12.1 Å². The Morgan fingerprint density at radius 3 is 2.72 bits per heavy atom. The summed E-state index contributed by atoms with van der Waals surface area (Å²) in [5.74, 6) is 0.212. The quantitative estimate of drug-likeness (QED) is 0.387. The van der Waals surface area contributed by atoms with Crippen molar-refractivity contribution in [2.75, 3.05) is 0 Å². The smallest absolute Gasteiger partial charge is 0.312 e. The third-order valence-electron chi connectivity index (χ3n) is 4.07. The first-order chi connectivity index (χ1) is 14.1. The van der Waals surface area contributed by atoms with Crippen molar-refractivity contribution in [3.8, 4) is 22.0 Å². The molecule has 0 aliphatic rings. The number of carbonyl (C=O) groups is 1. The molecular formula is C21H16ClN3O3S. The maximum atomic E-state index is 12.3. The molecule has 4 aromatic rings. The molecule has 0 spiro atoms. The predicted octanol–water partition coefficient (Wildman–Crippen LogP) is 5.36. The monoisotopic (exact) mass is 425 g/mol. The molecule has 4 rings (SSSR count). The Labute approximate surface area is 176 Å². The number of rotatable bonds is 6. The Kier molecular flexibility index (Phi) is 5.69. The zero-order valence-corrected chi connectivity index (χ0v) is 17.0. The molecule has 0 N–H and O–H groups in total. The zero-order valence-electron chi connectivity index (χ0n) is 15.4. The van der Waals surface area contributed by atoms with Crippen LogP contribution in [0.4, 0.5) is 0 Å². The van der Waals surface area contributed by atoms with Gasteiger partial charge in [0.15, 0.2) is 6.10 Å². The molecule has 6 nitrogen and oxygen atoms in total. The van der Waals surface area contributed by atoms with Crippen LogP contribution in [-0.4, -0.2) is 21.2 Å². The Balaban J connectivity index is 1.38. The number of halogens is 1. The van der Waals surface area contributed by atoms with Crippen molar-refractivity contribution in [1.29, 1.82) is 0 Å². The van der Waals surface area contributed by atoms with Gasteiger partial charge in [-0.1, -0.05) is 41.9 Å². The van der Waals surface area contributed by atoms with E-state index in [1.165, 1.54) is 11.3 Å². The van der Waals surface area contributed by atoms with Gasteiger partial charge in [0, 0.05) is 21.5 Å². The van der Waals surface area contributed by atoms with Crippen molar-refractivity contribution < 1.29 is 13.9 Å².